The van der Waals surface area contributed by atoms with Gasteiger partial charge in [-0.3, -0.25) is 0 Å². The quantitative estimate of drug-likeness (QED) is 0.692. The molecule has 0 aromatic rings. The fourth-order valence-corrected chi connectivity index (χ4v) is 3.91. The van der Waals surface area contributed by atoms with Crippen LogP contribution in [0.15, 0.2) is 0 Å². The summed E-state index contributed by atoms with van der Waals surface area (Å²) in [5.74, 6) is 0. The summed E-state index contributed by atoms with van der Waals surface area (Å²) in [5.41, 5.74) is 0. The van der Waals surface area contributed by atoms with Crippen molar-refractivity contribution in [2.45, 2.75) is 6.92 Å². The van der Waals surface area contributed by atoms with E-state index in [1.54, 1.807) is 8.61 Å². The lowest BCUT2D eigenvalue weighted by molar-refractivity contribution is 0.186. The molecule has 2 aliphatic rings. The second kappa shape index (κ2) is 5.62. The average Bonchev–Trinajstić information content (AvgIpc) is 2.40. The first-order valence-corrected chi connectivity index (χ1v) is 7.72. The van der Waals surface area contributed by atoms with E-state index in [0.29, 0.717) is 26.2 Å². The largest absolute Gasteiger partial charge is 0.314 e. The van der Waals surface area contributed by atoms with Gasteiger partial charge in [0, 0.05) is 52.4 Å². The first-order valence-electron chi connectivity index (χ1n) is 6.33. The van der Waals surface area contributed by atoms with Crippen molar-refractivity contribution < 1.29 is 8.42 Å². The molecule has 0 amide bonds. The normalized spacial score (nSPS) is 26.2. The minimum Gasteiger partial charge on any atom is -0.314 e. The predicted octanol–water partition coefficient (Wildman–Crippen LogP) is -1.23. The molecule has 17 heavy (non-hydrogen) atoms. The number of piperazine rings is 2. The highest BCUT2D eigenvalue weighted by Gasteiger charge is 2.32. The molecule has 100 valence electrons. The lowest BCUT2D eigenvalue weighted by atomic mass is 10.4. The highest BCUT2D eigenvalue weighted by Crippen LogP contribution is 2.12. The van der Waals surface area contributed by atoms with Crippen LogP contribution in [-0.2, 0) is 10.2 Å². The van der Waals surface area contributed by atoms with Crippen LogP contribution in [0.4, 0.5) is 0 Å². The summed E-state index contributed by atoms with van der Waals surface area (Å²) < 4.78 is 27.9. The van der Waals surface area contributed by atoms with Crippen LogP contribution >= 0.6 is 0 Å². The van der Waals surface area contributed by atoms with Crippen molar-refractivity contribution in [2.75, 3.05) is 58.9 Å². The zero-order valence-corrected chi connectivity index (χ0v) is 11.2. The van der Waals surface area contributed by atoms with Crippen molar-refractivity contribution in [2.24, 2.45) is 0 Å². The van der Waals surface area contributed by atoms with E-state index < -0.39 is 10.2 Å². The third-order valence-electron chi connectivity index (χ3n) is 3.51. The van der Waals surface area contributed by atoms with Crippen LogP contribution in [0.25, 0.3) is 0 Å². The highest BCUT2D eigenvalue weighted by molar-refractivity contribution is 7.86. The fraction of sp³-hybridized carbons (Fsp3) is 1.00. The van der Waals surface area contributed by atoms with E-state index in [1.165, 1.54) is 0 Å². The molecule has 1 N–H and O–H groups in total. The Balaban J connectivity index is 1.96. The summed E-state index contributed by atoms with van der Waals surface area (Å²) in [4.78, 5) is 2.28. The standard InChI is InChI=1S/C10H22N4O2S/c1-2-12-7-9-14(10-8-12)17(15,16)13-5-3-11-4-6-13/h11H,2-10H2,1H3. The van der Waals surface area contributed by atoms with Crippen molar-refractivity contribution >= 4 is 10.2 Å². The molecule has 0 atom stereocenters. The Morgan fingerprint density at radius 1 is 0.941 bits per heavy atom. The van der Waals surface area contributed by atoms with E-state index in [4.69, 9.17) is 0 Å². The van der Waals surface area contributed by atoms with Gasteiger partial charge in [0.2, 0.25) is 0 Å². The number of nitrogens with one attached hydrogen (secondary N) is 1. The van der Waals surface area contributed by atoms with Gasteiger partial charge in [-0.1, -0.05) is 6.92 Å². The molecule has 2 aliphatic heterocycles. The Labute approximate surface area is 104 Å². The molecule has 0 bridgehead atoms. The fourth-order valence-electron chi connectivity index (χ4n) is 2.31. The molecule has 0 aromatic heterocycles. The first-order chi connectivity index (χ1) is 8.14. The molecule has 2 heterocycles. The summed E-state index contributed by atoms with van der Waals surface area (Å²) in [5, 5.41) is 3.17. The highest BCUT2D eigenvalue weighted by atomic mass is 32.2. The first kappa shape index (κ1) is 13.2. The van der Waals surface area contributed by atoms with Gasteiger partial charge in [0.25, 0.3) is 10.2 Å². The van der Waals surface area contributed by atoms with Crippen LogP contribution < -0.4 is 5.32 Å². The Morgan fingerprint density at radius 2 is 1.47 bits per heavy atom. The van der Waals surface area contributed by atoms with Crippen molar-refractivity contribution in [1.29, 1.82) is 0 Å². The topological polar surface area (TPSA) is 55.9 Å². The third kappa shape index (κ3) is 2.97. The van der Waals surface area contributed by atoms with E-state index in [-0.39, 0.29) is 0 Å². The van der Waals surface area contributed by atoms with Gasteiger partial charge in [-0.05, 0) is 6.54 Å². The summed E-state index contributed by atoms with van der Waals surface area (Å²) >= 11 is 0. The van der Waals surface area contributed by atoms with Gasteiger partial charge in [0.15, 0.2) is 0 Å². The predicted molar refractivity (Wildman–Crippen MR) is 67.0 cm³/mol. The lowest BCUT2D eigenvalue weighted by Gasteiger charge is -2.37. The zero-order valence-electron chi connectivity index (χ0n) is 10.4. The van der Waals surface area contributed by atoms with Crippen LogP contribution in [0.3, 0.4) is 0 Å². The molecule has 0 radical (unpaired) electrons. The van der Waals surface area contributed by atoms with Gasteiger partial charge in [0.1, 0.15) is 0 Å². The Bertz CT molecular complexity index is 332. The van der Waals surface area contributed by atoms with Gasteiger partial charge in [-0.15, -0.1) is 0 Å². The molecule has 0 saturated carbocycles. The molecule has 0 aliphatic carbocycles. The molecule has 2 fully saturated rings. The lowest BCUT2D eigenvalue weighted by Crippen LogP contribution is -2.56. The van der Waals surface area contributed by atoms with Crippen LogP contribution in [0, 0.1) is 0 Å². The maximum atomic E-state index is 12.3. The molecule has 2 rings (SSSR count). The molecule has 2 saturated heterocycles. The summed E-state index contributed by atoms with van der Waals surface area (Å²) in [6, 6.07) is 0. The van der Waals surface area contributed by atoms with Crippen molar-refractivity contribution in [1.82, 2.24) is 18.8 Å². The summed E-state index contributed by atoms with van der Waals surface area (Å²) in [6.45, 7) is 8.76. The van der Waals surface area contributed by atoms with Crippen LogP contribution in [0.1, 0.15) is 6.92 Å². The van der Waals surface area contributed by atoms with E-state index in [0.717, 1.165) is 32.7 Å². The molecular formula is C10H22N4O2S. The van der Waals surface area contributed by atoms with E-state index >= 15 is 0 Å². The number of rotatable bonds is 3. The van der Waals surface area contributed by atoms with Crippen LogP contribution in [0.2, 0.25) is 0 Å². The second-order valence-corrected chi connectivity index (χ2v) is 6.42. The summed E-state index contributed by atoms with van der Waals surface area (Å²) in [6.07, 6.45) is 0. The molecule has 6 nitrogen and oxygen atoms in total. The smallest absolute Gasteiger partial charge is 0.282 e. The summed E-state index contributed by atoms with van der Waals surface area (Å²) in [7, 11) is -3.22. The molecule has 7 heteroatoms. The van der Waals surface area contributed by atoms with E-state index in [9.17, 15) is 8.42 Å². The zero-order chi connectivity index (χ0) is 12.3. The van der Waals surface area contributed by atoms with Gasteiger partial charge in [-0.2, -0.15) is 17.0 Å². The monoisotopic (exact) mass is 262 g/mol. The second-order valence-electron chi connectivity index (χ2n) is 4.49. The molecular weight excluding hydrogens is 240 g/mol. The average molecular weight is 262 g/mol. The SMILES string of the molecule is CCN1CCN(S(=O)(=O)N2CCNCC2)CC1. The maximum Gasteiger partial charge on any atom is 0.282 e. The van der Waals surface area contributed by atoms with Gasteiger partial charge < -0.3 is 10.2 Å². The molecule has 0 aromatic carbocycles. The minimum atomic E-state index is -3.22. The number of likely N-dealkylation sites (N-methyl/N-ethyl adjacent to an activating group) is 1. The van der Waals surface area contributed by atoms with Crippen molar-refractivity contribution in [3.8, 4) is 0 Å². The number of hydrogen-bond donors (Lipinski definition) is 1. The third-order valence-corrected chi connectivity index (χ3v) is 5.54. The van der Waals surface area contributed by atoms with Crippen LogP contribution in [0.5, 0.6) is 0 Å². The molecule has 0 spiro atoms. The Hall–Kier alpha value is -0.210. The van der Waals surface area contributed by atoms with Gasteiger partial charge in [0.05, 0.1) is 0 Å². The Kier molecular flexibility index (Phi) is 4.37. The van der Waals surface area contributed by atoms with E-state index in [1.807, 2.05) is 0 Å². The number of hydrogen-bond acceptors (Lipinski definition) is 4. The van der Waals surface area contributed by atoms with Crippen LogP contribution in [-0.4, -0.2) is 80.8 Å². The molecule has 0 unspecified atom stereocenters. The number of nitrogens with zero attached hydrogens (tertiary/aromatic N) is 3. The Morgan fingerprint density at radius 3 is 2.00 bits per heavy atom. The van der Waals surface area contributed by atoms with Gasteiger partial charge >= 0.3 is 0 Å². The van der Waals surface area contributed by atoms with Crippen molar-refractivity contribution in [3.05, 3.63) is 0 Å². The maximum absolute atomic E-state index is 12.3. The minimum absolute atomic E-state index is 0.594. The van der Waals surface area contributed by atoms with Crippen molar-refractivity contribution in [3.63, 3.8) is 0 Å². The van der Waals surface area contributed by atoms with E-state index in [2.05, 4.69) is 17.1 Å². The van der Waals surface area contributed by atoms with Gasteiger partial charge in [-0.25, -0.2) is 0 Å².